The van der Waals surface area contributed by atoms with Gasteiger partial charge in [0, 0.05) is 18.3 Å². The molecule has 1 rings (SSSR count). The summed E-state index contributed by atoms with van der Waals surface area (Å²) in [6.07, 6.45) is 1.72. The van der Waals surface area contributed by atoms with Crippen LogP contribution < -0.4 is 5.32 Å². The van der Waals surface area contributed by atoms with Crippen molar-refractivity contribution in [1.82, 2.24) is 5.32 Å². The van der Waals surface area contributed by atoms with Crippen molar-refractivity contribution in [2.75, 3.05) is 12.3 Å². The third kappa shape index (κ3) is 6.35. The van der Waals surface area contributed by atoms with Gasteiger partial charge in [-0.2, -0.15) is 11.8 Å². The summed E-state index contributed by atoms with van der Waals surface area (Å²) < 4.78 is 5.22. The molecule has 4 heteroatoms. The number of halogens is 1. The number of furan rings is 1. The second-order valence-corrected chi connectivity index (χ2v) is 4.35. The molecule has 1 heterocycles. The lowest BCUT2D eigenvalue weighted by atomic mass is 10.4. The Morgan fingerprint density at radius 2 is 2.29 bits per heavy atom. The van der Waals surface area contributed by atoms with E-state index in [1.807, 2.05) is 23.9 Å². The van der Waals surface area contributed by atoms with Crippen molar-refractivity contribution < 1.29 is 4.42 Å². The van der Waals surface area contributed by atoms with Gasteiger partial charge in [-0.15, -0.1) is 12.4 Å². The van der Waals surface area contributed by atoms with Crippen LogP contribution in [-0.2, 0) is 5.75 Å². The molecule has 0 saturated heterocycles. The van der Waals surface area contributed by atoms with E-state index in [9.17, 15) is 0 Å². The number of hydrogen-bond donors (Lipinski definition) is 1. The summed E-state index contributed by atoms with van der Waals surface area (Å²) >= 11 is 1.90. The number of hydrogen-bond acceptors (Lipinski definition) is 3. The maximum absolute atomic E-state index is 5.22. The fourth-order valence-electron chi connectivity index (χ4n) is 0.987. The molecule has 0 aromatic carbocycles. The van der Waals surface area contributed by atoms with Gasteiger partial charge >= 0.3 is 0 Å². The van der Waals surface area contributed by atoms with Gasteiger partial charge in [0.2, 0.25) is 0 Å². The fraction of sp³-hybridized carbons (Fsp3) is 0.600. The highest BCUT2D eigenvalue weighted by molar-refractivity contribution is 7.98. The average Bonchev–Trinajstić information content (AvgIpc) is 2.55. The van der Waals surface area contributed by atoms with Crippen molar-refractivity contribution in [3.63, 3.8) is 0 Å². The first-order valence-corrected chi connectivity index (χ1v) is 5.78. The molecule has 0 fully saturated rings. The Bertz CT molecular complexity index is 214. The van der Waals surface area contributed by atoms with E-state index in [2.05, 4.69) is 19.2 Å². The lowest BCUT2D eigenvalue weighted by Gasteiger charge is -2.06. The molecule has 0 atom stereocenters. The smallest absolute Gasteiger partial charge is 0.113 e. The summed E-state index contributed by atoms with van der Waals surface area (Å²) in [6, 6.07) is 4.54. The minimum absolute atomic E-state index is 0. The van der Waals surface area contributed by atoms with Crippen LogP contribution in [0, 0.1) is 0 Å². The highest BCUT2D eigenvalue weighted by Crippen LogP contribution is 2.11. The SMILES string of the molecule is CC(C)NCCSCc1ccco1.Cl. The van der Waals surface area contributed by atoms with E-state index in [0.717, 1.165) is 23.8 Å². The summed E-state index contributed by atoms with van der Waals surface area (Å²) in [5.41, 5.74) is 0. The monoisotopic (exact) mass is 235 g/mol. The van der Waals surface area contributed by atoms with Gasteiger partial charge in [-0.25, -0.2) is 0 Å². The zero-order chi connectivity index (χ0) is 9.52. The second kappa shape index (κ2) is 8.21. The van der Waals surface area contributed by atoms with Gasteiger partial charge in [-0.3, -0.25) is 0 Å². The predicted molar refractivity (Wildman–Crippen MR) is 65.3 cm³/mol. The fourth-order valence-corrected chi connectivity index (χ4v) is 1.76. The topological polar surface area (TPSA) is 25.2 Å². The molecule has 0 saturated carbocycles. The highest BCUT2D eigenvalue weighted by atomic mass is 35.5. The predicted octanol–water partition coefficient (Wildman–Crippen LogP) is 2.93. The van der Waals surface area contributed by atoms with Crippen LogP contribution in [0.25, 0.3) is 0 Å². The summed E-state index contributed by atoms with van der Waals surface area (Å²) in [7, 11) is 0. The Hall–Kier alpha value is -0.120. The molecule has 0 radical (unpaired) electrons. The molecule has 0 aliphatic carbocycles. The van der Waals surface area contributed by atoms with Crippen molar-refractivity contribution in [2.45, 2.75) is 25.6 Å². The lowest BCUT2D eigenvalue weighted by Crippen LogP contribution is -2.24. The zero-order valence-electron chi connectivity index (χ0n) is 8.66. The van der Waals surface area contributed by atoms with Gasteiger partial charge in [-0.1, -0.05) is 13.8 Å². The second-order valence-electron chi connectivity index (χ2n) is 3.24. The van der Waals surface area contributed by atoms with Crippen molar-refractivity contribution >= 4 is 24.2 Å². The number of thioether (sulfide) groups is 1. The Labute approximate surface area is 96.2 Å². The van der Waals surface area contributed by atoms with Crippen molar-refractivity contribution in [2.24, 2.45) is 0 Å². The molecule has 0 bridgehead atoms. The van der Waals surface area contributed by atoms with Crippen LogP contribution in [-0.4, -0.2) is 18.3 Å². The maximum Gasteiger partial charge on any atom is 0.113 e. The standard InChI is InChI=1S/C10H17NOS.ClH/c1-9(2)11-5-7-13-8-10-4-3-6-12-10;/h3-4,6,9,11H,5,7-8H2,1-2H3;1H. The Balaban J connectivity index is 0.00000169. The molecular formula is C10H18ClNOS. The Kier molecular flexibility index (Phi) is 8.14. The van der Waals surface area contributed by atoms with Crippen LogP contribution in [0.1, 0.15) is 19.6 Å². The van der Waals surface area contributed by atoms with E-state index in [0.29, 0.717) is 6.04 Å². The van der Waals surface area contributed by atoms with E-state index in [1.54, 1.807) is 6.26 Å². The van der Waals surface area contributed by atoms with Gasteiger partial charge in [-0.05, 0) is 12.1 Å². The van der Waals surface area contributed by atoms with E-state index in [-0.39, 0.29) is 12.4 Å². The quantitative estimate of drug-likeness (QED) is 0.768. The van der Waals surface area contributed by atoms with Crippen LogP contribution in [0.5, 0.6) is 0 Å². The molecule has 0 aliphatic heterocycles. The average molecular weight is 236 g/mol. The molecule has 0 amide bonds. The van der Waals surface area contributed by atoms with Crippen molar-refractivity contribution in [1.29, 1.82) is 0 Å². The highest BCUT2D eigenvalue weighted by Gasteiger charge is 1.96. The first-order valence-electron chi connectivity index (χ1n) is 4.62. The lowest BCUT2D eigenvalue weighted by molar-refractivity contribution is 0.530. The third-order valence-electron chi connectivity index (χ3n) is 1.62. The van der Waals surface area contributed by atoms with Crippen LogP contribution in [0.4, 0.5) is 0 Å². The van der Waals surface area contributed by atoms with E-state index in [4.69, 9.17) is 4.42 Å². The molecule has 0 unspecified atom stereocenters. The maximum atomic E-state index is 5.22. The number of nitrogens with one attached hydrogen (secondary N) is 1. The number of rotatable bonds is 6. The largest absolute Gasteiger partial charge is 0.468 e. The van der Waals surface area contributed by atoms with Crippen LogP contribution in [0.3, 0.4) is 0 Å². The molecule has 82 valence electrons. The van der Waals surface area contributed by atoms with E-state index in [1.165, 1.54) is 0 Å². The van der Waals surface area contributed by atoms with Crippen LogP contribution in [0.15, 0.2) is 22.8 Å². The van der Waals surface area contributed by atoms with Gasteiger partial charge in [0.15, 0.2) is 0 Å². The summed E-state index contributed by atoms with van der Waals surface area (Å²) in [4.78, 5) is 0. The molecule has 0 spiro atoms. The Morgan fingerprint density at radius 1 is 1.50 bits per heavy atom. The molecule has 1 N–H and O–H groups in total. The minimum atomic E-state index is 0. The van der Waals surface area contributed by atoms with Gasteiger partial charge < -0.3 is 9.73 Å². The summed E-state index contributed by atoms with van der Waals surface area (Å²) in [5, 5.41) is 3.37. The molecule has 2 nitrogen and oxygen atoms in total. The molecule has 1 aromatic rings. The first kappa shape index (κ1) is 13.9. The normalized spacial score (nSPS) is 10.2. The van der Waals surface area contributed by atoms with Gasteiger partial charge in [0.1, 0.15) is 5.76 Å². The van der Waals surface area contributed by atoms with Crippen LogP contribution >= 0.6 is 24.2 Å². The molecular weight excluding hydrogens is 218 g/mol. The molecule has 0 aliphatic rings. The minimum Gasteiger partial charge on any atom is -0.468 e. The molecule has 1 aromatic heterocycles. The molecule has 14 heavy (non-hydrogen) atoms. The van der Waals surface area contributed by atoms with Gasteiger partial charge in [0.05, 0.1) is 12.0 Å². The summed E-state index contributed by atoms with van der Waals surface area (Å²) in [5.74, 6) is 3.18. The van der Waals surface area contributed by atoms with Crippen LogP contribution in [0.2, 0.25) is 0 Å². The summed E-state index contributed by atoms with van der Waals surface area (Å²) in [6.45, 7) is 5.40. The van der Waals surface area contributed by atoms with Crippen molar-refractivity contribution in [3.8, 4) is 0 Å². The van der Waals surface area contributed by atoms with E-state index < -0.39 is 0 Å². The Morgan fingerprint density at radius 3 is 2.86 bits per heavy atom. The van der Waals surface area contributed by atoms with E-state index >= 15 is 0 Å². The van der Waals surface area contributed by atoms with Gasteiger partial charge in [0.25, 0.3) is 0 Å². The third-order valence-corrected chi connectivity index (χ3v) is 2.60. The zero-order valence-corrected chi connectivity index (χ0v) is 10.3. The van der Waals surface area contributed by atoms with Crippen molar-refractivity contribution in [3.05, 3.63) is 24.2 Å². The first-order chi connectivity index (χ1) is 6.29.